The first-order chi connectivity index (χ1) is 12.2. The van der Waals surface area contributed by atoms with Gasteiger partial charge in [0.05, 0.1) is 12.2 Å². The van der Waals surface area contributed by atoms with Crippen LogP contribution in [0, 0.1) is 0 Å². The van der Waals surface area contributed by atoms with Crippen molar-refractivity contribution in [3.05, 3.63) is 50.9 Å². The van der Waals surface area contributed by atoms with Crippen molar-refractivity contribution in [2.24, 2.45) is 0 Å². The van der Waals surface area contributed by atoms with Crippen molar-refractivity contribution in [1.29, 1.82) is 0 Å². The molecule has 0 unspecified atom stereocenters. The second-order valence-corrected chi connectivity index (χ2v) is 8.42. The van der Waals surface area contributed by atoms with Crippen molar-refractivity contribution < 1.29 is 14.3 Å². The smallest absolute Gasteiger partial charge is 0.408 e. The molecule has 2 aromatic rings. The van der Waals surface area contributed by atoms with Crippen LogP contribution in [0.15, 0.2) is 29.6 Å². The lowest BCUT2D eigenvalue weighted by Gasteiger charge is -2.19. The lowest BCUT2D eigenvalue weighted by molar-refractivity contribution is -0.128. The van der Waals surface area contributed by atoms with E-state index in [9.17, 15) is 9.59 Å². The first-order valence-electron chi connectivity index (χ1n) is 8.20. The van der Waals surface area contributed by atoms with E-state index >= 15 is 0 Å². The van der Waals surface area contributed by atoms with Crippen molar-refractivity contribution in [2.75, 3.05) is 6.54 Å². The quantitative estimate of drug-likeness (QED) is 0.834. The van der Waals surface area contributed by atoms with Crippen LogP contribution >= 0.6 is 22.9 Å². The molecule has 0 aliphatic carbocycles. The summed E-state index contributed by atoms with van der Waals surface area (Å²) in [5.41, 5.74) is 1.73. The highest BCUT2D eigenvalue weighted by Gasteiger charge is 2.32. The fraction of sp³-hybridized carbons (Fsp3) is 0.389. The standard InChI is InChI=1S/C18H20ClN3O3S/c1-18(2,3)13-9-26-16(21-13)14(10-4-6-11(19)7-5-10)22-15(23)12-8-20-17(24)25-12/h4-7,9,12,14H,8H2,1-3H3,(H,20,24)(H,22,23)/t12-,14-/m0/s1. The van der Waals surface area contributed by atoms with E-state index in [1.54, 1.807) is 12.1 Å². The van der Waals surface area contributed by atoms with E-state index in [2.05, 4.69) is 31.4 Å². The Balaban J connectivity index is 1.89. The SMILES string of the molecule is CC(C)(C)c1csc([C@@H](NC(=O)[C@@H]2CNC(=O)O2)c2ccc(Cl)cc2)n1. The molecule has 2 atom stereocenters. The van der Waals surface area contributed by atoms with Gasteiger partial charge in [0.15, 0.2) is 6.10 Å². The summed E-state index contributed by atoms with van der Waals surface area (Å²) in [5.74, 6) is -0.365. The zero-order valence-electron chi connectivity index (χ0n) is 14.7. The molecule has 8 heteroatoms. The Morgan fingerprint density at radius 1 is 1.38 bits per heavy atom. The van der Waals surface area contributed by atoms with Gasteiger partial charge in [-0.15, -0.1) is 11.3 Å². The highest BCUT2D eigenvalue weighted by Crippen LogP contribution is 2.30. The lowest BCUT2D eigenvalue weighted by atomic mass is 9.93. The second kappa shape index (κ2) is 7.25. The molecular formula is C18H20ClN3O3S. The summed E-state index contributed by atoms with van der Waals surface area (Å²) in [6.45, 7) is 6.42. The molecule has 2 N–H and O–H groups in total. The molecule has 1 aromatic carbocycles. The molecular weight excluding hydrogens is 374 g/mol. The van der Waals surface area contributed by atoms with E-state index < -0.39 is 18.2 Å². The van der Waals surface area contributed by atoms with Gasteiger partial charge in [-0.25, -0.2) is 9.78 Å². The van der Waals surface area contributed by atoms with Gasteiger partial charge in [-0.05, 0) is 17.7 Å². The van der Waals surface area contributed by atoms with E-state index in [4.69, 9.17) is 21.3 Å². The van der Waals surface area contributed by atoms with Crippen LogP contribution in [0.3, 0.4) is 0 Å². The van der Waals surface area contributed by atoms with Crippen LogP contribution in [0.2, 0.25) is 5.02 Å². The van der Waals surface area contributed by atoms with Gasteiger partial charge in [0.2, 0.25) is 0 Å². The van der Waals surface area contributed by atoms with Gasteiger partial charge in [0.25, 0.3) is 5.91 Å². The molecule has 1 aliphatic rings. The average molecular weight is 394 g/mol. The lowest BCUT2D eigenvalue weighted by Crippen LogP contribution is -2.39. The van der Waals surface area contributed by atoms with E-state index in [0.29, 0.717) is 5.02 Å². The maximum atomic E-state index is 12.5. The molecule has 26 heavy (non-hydrogen) atoms. The molecule has 2 amide bonds. The number of nitrogens with zero attached hydrogens (tertiary/aromatic N) is 1. The summed E-state index contributed by atoms with van der Waals surface area (Å²) in [7, 11) is 0. The predicted molar refractivity (Wildman–Crippen MR) is 101 cm³/mol. The third-order valence-electron chi connectivity index (χ3n) is 4.00. The average Bonchev–Trinajstić information content (AvgIpc) is 3.22. The molecule has 1 aromatic heterocycles. The largest absolute Gasteiger partial charge is 0.434 e. The number of carbonyl (C=O) groups excluding carboxylic acids is 2. The Morgan fingerprint density at radius 2 is 2.08 bits per heavy atom. The first kappa shape index (κ1) is 18.7. The monoisotopic (exact) mass is 393 g/mol. The Morgan fingerprint density at radius 3 is 2.62 bits per heavy atom. The molecule has 0 saturated carbocycles. The van der Waals surface area contributed by atoms with E-state index in [0.717, 1.165) is 16.3 Å². The number of amides is 2. The molecule has 0 bridgehead atoms. The predicted octanol–water partition coefficient (Wildman–Crippen LogP) is 3.41. The van der Waals surface area contributed by atoms with Gasteiger partial charge in [-0.3, -0.25) is 4.79 Å². The number of cyclic esters (lactones) is 1. The van der Waals surface area contributed by atoms with Gasteiger partial charge >= 0.3 is 6.09 Å². The molecule has 0 radical (unpaired) electrons. The summed E-state index contributed by atoms with van der Waals surface area (Å²) >= 11 is 7.47. The first-order valence-corrected chi connectivity index (χ1v) is 9.46. The van der Waals surface area contributed by atoms with Crippen LogP contribution in [0.1, 0.15) is 43.1 Å². The van der Waals surface area contributed by atoms with Crippen molar-refractivity contribution >= 4 is 34.9 Å². The molecule has 3 rings (SSSR count). The zero-order chi connectivity index (χ0) is 18.9. The summed E-state index contributed by atoms with van der Waals surface area (Å²) < 4.78 is 4.97. The van der Waals surface area contributed by atoms with Crippen LogP contribution in [0.4, 0.5) is 4.79 Å². The van der Waals surface area contributed by atoms with Gasteiger partial charge in [0.1, 0.15) is 11.0 Å². The molecule has 1 aliphatic heterocycles. The summed E-state index contributed by atoms with van der Waals surface area (Å²) in [6.07, 6.45) is -1.43. The van der Waals surface area contributed by atoms with Gasteiger partial charge < -0.3 is 15.4 Å². The topological polar surface area (TPSA) is 80.3 Å². The van der Waals surface area contributed by atoms with Crippen molar-refractivity contribution in [2.45, 2.75) is 38.3 Å². The van der Waals surface area contributed by atoms with Gasteiger partial charge in [0, 0.05) is 15.8 Å². The number of hydrogen-bond donors (Lipinski definition) is 2. The molecule has 1 saturated heterocycles. The second-order valence-electron chi connectivity index (χ2n) is 7.09. The number of nitrogens with one attached hydrogen (secondary N) is 2. The van der Waals surface area contributed by atoms with E-state index in [1.165, 1.54) is 11.3 Å². The summed E-state index contributed by atoms with van der Waals surface area (Å²) in [4.78, 5) is 28.5. The Hall–Kier alpha value is -2.12. The molecule has 0 spiro atoms. The minimum atomic E-state index is -0.848. The van der Waals surface area contributed by atoms with E-state index in [1.807, 2.05) is 17.5 Å². The summed E-state index contributed by atoms with van der Waals surface area (Å²) in [5, 5.41) is 8.81. The number of rotatable bonds is 4. The Kier molecular flexibility index (Phi) is 5.20. The number of alkyl carbamates (subject to hydrolysis) is 1. The summed E-state index contributed by atoms with van der Waals surface area (Å²) in [6, 6.07) is 6.80. The molecule has 6 nitrogen and oxygen atoms in total. The number of benzene rings is 1. The van der Waals surface area contributed by atoms with Crippen molar-refractivity contribution in [1.82, 2.24) is 15.6 Å². The molecule has 2 heterocycles. The fourth-order valence-corrected chi connectivity index (χ4v) is 3.72. The molecule has 138 valence electrons. The highest BCUT2D eigenvalue weighted by molar-refractivity contribution is 7.09. The van der Waals surface area contributed by atoms with Crippen LogP contribution in [0.5, 0.6) is 0 Å². The molecule has 1 fully saturated rings. The normalized spacial score (nSPS) is 18.2. The Labute approximate surface area is 160 Å². The van der Waals surface area contributed by atoms with Crippen LogP contribution < -0.4 is 10.6 Å². The van der Waals surface area contributed by atoms with Crippen molar-refractivity contribution in [3.63, 3.8) is 0 Å². The van der Waals surface area contributed by atoms with Crippen LogP contribution in [-0.2, 0) is 14.9 Å². The fourth-order valence-electron chi connectivity index (χ4n) is 2.48. The third kappa shape index (κ3) is 4.16. The number of aromatic nitrogens is 1. The Bertz CT molecular complexity index is 814. The minimum absolute atomic E-state index is 0.0891. The number of halogens is 1. The minimum Gasteiger partial charge on any atom is -0.434 e. The van der Waals surface area contributed by atoms with Gasteiger partial charge in [-0.1, -0.05) is 44.5 Å². The van der Waals surface area contributed by atoms with Crippen molar-refractivity contribution in [3.8, 4) is 0 Å². The number of carbonyl (C=O) groups is 2. The number of hydrogen-bond acceptors (Lipinski definition) is 5. The zero-order valence-corrected chi connectivity index (χ0v) is 16.3. The number of thiazole rings is 1. The van der Waals surface area contributed by atoms with E-state index in [-0.39, 0.29) is 17.9 Å². The third-order valence-corrected chi connectivity index (χ3v) is 5.16. The van der Waals surface area contributed by atoms with Crippen LogP contribution in [0.25, 0.3) is 0 Å². The maximum Gasteiger partial charge on any atom is 0.408 e. The van der Waals surface area contributed by atoms with Crippen LogP contribution in [-0.4, -0.2) is 29.6 Å². The highest BCUT2D eigenvalue weighted by atomic mass is 35.5. The maximum absolute atomic E-state index is 12.5. The number of ether oxygens (including phenoxy) is 1. The van der Waals surface area contributed by atoms with Gasteiger partial charge in [-0.2, -0.15) is 0 Å².